The van der Waals surface area contributed by atoms with Gasteiger partial charge in [0.1, 0.15) is 5.75 Å². The number of hydrogen-bond donors (Lipinski definition) is 0. The van der Waals surface area contributed by atoms with Crippen molar-refractivity contribution in [2.45, 2.75) is 33.1 Å². The van der Waals surface area contributed by atoms with Crippen molar-refractivity contribution >= 4 is 40.3 Å². The third-order valence-electron chi connectivity index (χ3n) is 5.76. The Labute approximate surface area is 188 Å². The van der Waals surface area contributed by atoms with Gasteiger partial charge in [-0.25, -0.2) is 4.99 Å². The van der Waals surface area contributed by atoms with Crippen LogP contribution >= 0.6 is 11.8 Å². The summed E-state index contributed by atoms with van der Waals surface area (Å²) in [4.78, 5) is 22.6. The van der Waals surface area contributed by atoms with Crippen LogP contribution in [-0.4, -0.2) is 42.7 Å². The lowest BCUT2D eigenvalue weighted by atomic mass is 10.0. The Morgan fingerprint density at radius 2 is 1.84 bits per heavy atom. The number of thioether (sulfide) groups is 1. The number of methoxy groups -OCH3 is 1. The minimum atomic E-state index is 0.0132. The Balaban J connectivity index is 1.57. The molecule has 2 aromatic carbocycles. The highest BCUT2D eigenvalue weighted by Gasteiger charge is 2.32. The van der Waals surface area contributed by atoms with Crippen LogP contribution in [0.25, 0.3) is 6.08 Å². The van der Waals surface area contributed by atoms with Gasteiger partial charge < -0.3 is 9.64 Å². The second-order valence-electron chi connectivity index (χ2n) is 7.84. The second-order valence-corrected chi connectivity index (χ2v) is 8.85. The molecule has 162 valence electrons. The largest absolute Gasteiger partial charge is 0.497 e. The van der Waals surface area contributed by atoms with Crippen molar-refractivity contribution in [3.05, 3.63) is 58.5 Å². The molecule has 0 N–H and O–H groups in total. The Bertz CT molecular complexity index is 1010. The first kappa shape index (κ1) is 21.5. The van der Waals surface area contributed by atoms with Gasteiger partial charge in [-0.1, -0.05) is 6.07 Å². The van der Waals surface area contributed by atoms with Crippen molar-refractivity contribution in [2.75, 3.05) is 31.6 Å². The molecule has 31 heavy (non-hydrogen) atoms. The van der Waals surface area contributed by atoms with E-state index in [2.05, 4.69) is 30.0 Å². The summed E-state index contributed by atoms with van der Waals surface area (Å²) in [5.41, 5.74) is 4.35. The molecule has 0 saturated carbocycles. The number of ether oxygens (including phenoxy) is 1. The van der Waals surface area contributed by atoms with E-state index in [-0.39, 0.29) is 5.91 Å². The number of aliphatic imine (C=N–C) groups is 1. The van der Waals surface area contributed by atoms with E-state index in [1.807, 2.05) is 37.3 Å². The molecule has 2 aliphatic rings. The number of aryl methyl sites for hydroxylation is 1. The molecular weight excluding hydrogens is 406 g/mol. The first-order valence-corrected chi connectivity index (χ1v) is 11.7. The first-order valence-electron chi connectivity index (χ1n) is 10.9. The summed E-state index contributed by atoms with van der Waals surface area (Å²) in [6.07, 6.45) is 5.85. The third-order valence-corrected chi connectivity index (χ3v) is 6.77. The average Bonchev–Trinajstić information content (AvgIpc) is 3.10. The summed E-state index contributed by atoms with van der Waals surface area (Å²) >= 11 is 1.44. The Hall–Kier alpha value is -2.73. The third kappa shape index (κ3) is 4.79. The number of hydrogen-bond acceptors (Lipinski definition) is 5. The zero-order chi connectivity index (χ0) is 21.8. The van der Waals surface area contributed by atoms with Crippen molar-refractivity contribution in [1.82, 2.24) is 4.90 Å². The highest BCUT2D eigenvalue weighted by Crippen LogP contribution is 2.35. The molecular formula is C25H29N3O2S. The van der Waals surface area contributed by atoms with Crippen molar-refractivity contribution in [3.63, 3.8) is 0 Å². The Kier molecular flexibility index (Phi) is 6.66. The number of carbonyl (C=O) groups excluding carboxylic acids is 1. The molecule has 2 saturated heterocycles. The Morgan fingerprint density at radius 3 is 2.48 bits per heavy atom. The SMILES string of the molecule is CCN1C(=O)/C(=C\c2ccc(N3CCCCC3)cc2C)SC1=Nc1ccc(OC)cc1. The molecule has 5 nitrogen and oxygen atoms in total. The number of carbonyl (C=O) groups is 1. The summed E-state index contributed by atoms with van der Waals surface area (Å²) < 4.78 is 5.21. The van der Waals surface area contributed by atoms with Gasteiger partial charge in [-0.3, -0.25) is 9.69 Å². The standard InChI is InChI=1S/C25H29N3O2S/c1-4-28-24(29)23(31-25(28)26-20-9-12-22(30-3)13-10-20)17-19-8-11-21(16-18(19)2)27-14-6-5-7-15-27/h8-13,16-17H,4-7,14-15H2,1-3H3/b23-17+,26-25?. The van der Waals surface area contributed by atoms with E-state index in [0.29, 0.717) is 16.6 Å². The zero-order valence-electron chi connectivity index (χ0n) is 18.4. The van der Waals surface area contributed by atoms with E-state index in [4.69, 9.17) is 9.73 Å². The van der Waals surface area contributed by atoms with Crippen LogP contribution in [0.4, 0.5) is 11.4 Å². The lowest BCUT2D eigenvalue weighted by molar-refractivity contribution is -0.122. The van der Waals surface area contributed by atoms with Gasteiger partial charge in [-0.2, -0.15) is 0 Å². The molecule has 0 radical (unpaired) electrons. The van der Waals surface area contributed by atoms with Crippen molar-refractivity contribution in [1.29, 1.82) is 0 Å². The van der Waals surface area contributed by atoms with Crippen molar-refractivity contribution in [3.8, 4) is 5.75 Å². The molecule has 1 amide bonds. The summed E-state index contributed by atoms with van der Waals surface area (Å²) in [5, 5.41) is 0.714. The van der Waals surface area contributed by atoms with E-state index < -0.39 is 0 Å². The molecule has 0 bridgehead atoms. The topological polar surface area (TPSA) is 45.1 Å². The maximum atomic E-state index is 13.0. The second kappa shape index (κ2) is 9.60. The van der Waals surface area contributed by atoms with Crippen LogP contribution in [0.15, 0.2) is 52.4 Å². The van der Waals surface area contributed by atoms with E-state index in [1.165, 1.54) is 42.3 Å². The average molecular weight is 436 g/mol. The van der Waals surface area contributed by atoms with Gasteiger partial charge in [0.05, 0.1) is 17.7 Å². The molecule has 2 aliphatic heterocycles. The number of piperidine rings is 1. The van der Waals surface area contributed by atoms with Crippen LogP contribution in [0.3, 0.4) is 0 Å². The molecule has 0 spiro atoms. The van der Waals surface area contributed by atoms with Crippen molar-refractivity contribution < 1.29 is 9.53 Å². The van der Waals surface area contributed by atoms with Crippen LogP contribution in [-0.2, 0) is 4.79 Å². The lowest BCUT2D eigenvalue weighted by Gasteiger charge is -2.29. The minimum absolute atomic E-state index is 0.0132. The number of amidine groups is 1. The number of anilines is 1. The fourth-order valence-corrected chi connectivity index (χ4v) is 5.00. The smallest absolute Gasteiger partial charge is 0.266 e. The molecule has 0 unspecified atom stereocenters. The predicted octanol–water partition coefficient (Wildman–Crippen LogP) is 5.62. The van der Waals surface area contributed by atoms with Crippen LogP contribution in [0.5, 0.6) is 5.75 Å². The van der Waals surface area contributed by atoms with E-state index in [9.17, 15) is 4.79 Å². The molecule has 0 atom stereocenters. The molecule has 0 aromatic heterocycles. The number of amides is 1. The molecule has 6 heteroatoms. The zero-order valence-corrected chi connectivity index (χ0v) is 19.2. The normalized spacial score (nSPS) is 19.5. The number of rotatable bonds is 5. The monoisotopic (exact) mass is 435 g/mol. The van der Waals surface area contributed by atoms with Gasteiger partial charge in [0, 0.05) is 25.3 Å². The van der Waals surface area contributed by atoms with Gasteiger partial charge in [0.2, 0.25) is 0 Å². The summed E-state index contributed by atoms with van der Waals surface area (Å²) in [6.45, 7) is 6.94. The maximum absolute atomic E-state index is 13.0. The maximum Gasteiger partial charge on any atom is 0.266 e. The quantitative estimate of drug-likeness (QED) is 0.572. The van der Waals surface area contributed by atoms with Gasteiger partial charge in [-0.05, 0) is 98.5 Å². The van der Waals surface area contributed by atoms with Crippen LogP contribution in [0, 0.1) is 6.92 Å². The first-order chi connectivity index (χ1) is 15.1. The van der Waals surface area contributed by atoms with Crippen LogP contribution in [0.1, 0.15) is 37.3 Å². The predicted molar refractivity (Wildman–Crippen MR) is 130 cm³/mol. The fraction of sp³-hybridized carbons (Fsp3) is 0.360. The number of likely N-dealkylation sites (N-methyl/N-ethyl adjacent to an activating group) is 1. The molecule has 2 heterocycles. The Morgan fingerprint density at radius 1 is 1.10 bits per heavy atom. The van der Waals surface area contributed by atoms with Crippen LogP contribution < -0.4 is 9.64 Å². The summed E-state index contributed by atoms with van der Waals surface area (Å²) in [7, 11) is 1.64. The van der Waals surface area contributed by atoms with Crippen LogP contribution in [0.2, 0.25) is 0 Å². The summed E-state index contributed by atoms with van der Waals surface area (Å²) in [5.74, 6) is 0.801. The van der Waals surface area contributed by atoms with Gasteiger partial charge in [-0.15, -0.1) is 0 Å². The van der Waals surface area contributed by atoms with Gasteiger partial charge >= 0.3 is 0 Å². The number of nitrogens with zero attached hydrogens (tertiary/aromatic N) is 3. The molecule has 2 aromatic rings. The van der Waals surface area contributed by atoms with E-state index in [1.54, 1.807) is 12.0 Å². The molecule has 4 rings (SSSR count). The lowest BCUT2D eigenvalue weighted by Crippen LogP contribution is -2.29. The molecule has 2 fully saturated rings. The highest BCUT2D eigenvalue weighted by molar-refractivity contribution is 8.18. The van der Waals surface area contributed by atoms with Gasteiger partial charge in [0.25, 0.3) is 5.91 Å². The van der Waals surface area contributed by atoms with E-state index in [0.717, 1.165) is 30.1 Å². The number of benzene rings is 2. The fourth-order valence-electron chi connectivity index (χ4n) is 3.95. The summed E-state index contributed by atoms with van der Waals surface area (Å²) in [6, 6.07) is 14.1. The van der Waals surface area contributed by atoms with Gasteiger partial charge in [0.15, 0.2) is 5.17 Å². The van der Waals surface area contributed by atoms with E-state index >= 15 is 0 Å². The highest BCUT2D eigenvalue weighted by atomic mass is 32.2. The van der Waals surface area contributed by atoms with Crippen molar-refractivity contribution in [2.24, 2.45) is 4.99 Å². The molecule has 0 aliphatic carbocycles. The minimum Gasteiger partial charge on any atom is -0.497 e.